The van der Waals surface area contributed by atoms with E-state index in [0.29, 0.717) is 0 Å². The standard InChI is InChI=1S/C27H20N4O.Co/c1-32-25-10-2-17(3-11-25)26-15-24-14-22-7-6-20(29-22)12-18-4-5-19(28-18)13-21-8-9-23(30-21)16-27(26)31-24;/h2-16,28,31H,1H3;. The summed E-state index contributed by atoms with van der Waals surface area (Å²) in [5.41, 5.74) is 9.84. The molecule has 0 saturated heterocycles. The number of nitrogens with one attached hydrogen (secondary N) is 2. The van der Waals surface area contributed by atoms with Crippen molar-refractivity contribution >= 4 is 46.4 Å². The van der Waals surface area contributed by atoms with E-state index in [9.17, 15) is 0 Å². The first-order valence-electron chi connectivity index (χ1n) is 10.4. The molecule has 5 nitrogen and oxygen atoms in total. The zero-order valence-corrected chi connectivity index (χ0v) is 18.8. The second kappa shape index (κ2) is 8.58. The van der Waals surface area contributed by atoms with E-state index >= 15 is 0 Å². The summed E-state index contributed by atoms with van der Waals surface area (Å²) in [6.07, 6.45) is 8.12. The third-order valence-electron chi connectivity index (χ3n) is 5.57. The van der Waals surface area contributed by atoms with Gasteiger partial charge in [-0.05, 0) is 84.5 Å². The van der Waals surface area contributed by atoms with E-state index in [1.807, 2.05) is 48.6 Å². The summed E-state index contributed by atoms with van der Waals surface area (Å²) in [7, 11) is 1.68. The SMILES string of the molecule is COc1ccc(-c2cc3cc4nc(cc5ccc(cc6nc(cc2[nH]3)C=C6)[nH]5)C=C4)cc1.[Co]. The van der Waals surface area contributed by atoms with Gasteiger partial charge in [0.1, 0.15) is 5.75 Å². The molecule has 2 aliphatic rings. The van der Waals surface area contributed by atoms with Crippen molar-refractivity contribution in [3.8, 4) is 16.9 Å². The molecule has 163 valence electrons. The van der Waals surface area contributed by atoms with Crippen LogP contribution < -0.4 is 4.74 Å². The van der Waals surface area contributed by atoms with Gasteiger partial charge in [0.15, 0.2) is 0 Å². The Morgan fingerprint density at radius 2 is 1.15 bits per heavy atom. The molecule has 0 spiro atoms. The molecule has 0 fully saturated rings. The topological polar surface area (TPSA) is 66.6 Å². The predicted octanol–water partition coefficient (Wildman–Crippen LogP) is 6.33. The van der Waals surface area contributed by atoms with E-state index < -0.39 is 0 Å². The molecule has 4 aromatic rings. The van der Waals surface area contributed by atoms with Gasteiger partial charge in [-0.3, -0.25) is 0 Å². The second-order valence-electron chi connectivity index (χ2n) is 7.82. The van der Waals surface area contributed by atoms with E-state index in [-0.39, 0.29) is 16.8 Å². The van der Waals surface area contributed by atoms with E-state index in [1.165, 1.54) is 0 Å². The van der Waals surface area contributed by atoms with Crippen LogP contribution in [0.1, 0.15) is 22.8 Å². The largest absolute Gasteiger partial charge is 0.497 e. The quantitative estimate of drug-likeness (QED) is 0.308. The fourth-order valence-corrected chi connectivity index (χ4v) is 4.03. The van der Waals surface area contributed by atoms with Gasteiger partial charge in [0.05, 0.1) is 29.9 Å². The zero-order valence-electron chi connectivity index (χ0n) is 17.8. The molecule has 0 saturated carbocycles. The molecule has 0 unspecified atom stereocenters. The van der Waals surface area contributed by atoms with Crippen LogP contribution in [-0.2, 0) is 16.8 Å². The number of hydrogen-bond donors (Lipinski definition) is 2. The molecule has 3 aromatic heterocycles. The van der Waals surface area contributed by atoms with Crippen molar-refractivity contribution in [3.05, 3.63) is 89.5 Å². The van der Waals surface area contributed by atoms with Gasteiger partial charge in [-0.2, -0.15) is 0 Å². The minimum absolute atomic E-state index is 0. The molecule has 33 heavy (non-hydrogen) atoms. The Morgan fingerprint density at radius 3 is 1.73 bits per heavy atom. The van der Waals surface area contributed by atoms with Crippen molar-refractivity contribution in [2.45, 2.75) is 0 Å². The molecule has 8 bridgehead atoms. The maximum absolute atomic E-state index is 5.32. The van der Waals surface area contributed by atoms with Crippen LogP contribution in [0.25, 0.3) is 57.5 Å². The van der Waals surface area contributed by atoms with E-state index in [0.717, 1.165) is 61.7 Å². The van der Waals surface area contributed by atoms with Crippen molar-refractivity contribution in [3.63, 3.8) is 0 Å². The van der Waals surface area contributed by atoms with Gasteiger partial charge in [0, 0.05) is 44.4 Å². The Labute approximate surface area is 201 Å². The van der Waals surface area contributed by atoms with Gasteiger partial charge in [-0.15, -0.1) is 0 Å². The average molecular weight is 475 g/mol. The van der Waals surface area contributed by atoms with Crippen LogP contribution >= 0.6 is 0 Å². The number of methoxy groups -OCH3 is 1. The van der Waals surface area contributed by atoms with Gasteiger partial charge in [-0.1, -0.05) is 12.1 Å². The molecular formula is C27H20CoN4O. The molecule has 5 heterocycles. The fraction of sp³-hybridized carbons (Fsp3) is 0.0370. The Kier molecular flexibility index (Phi) is 5.46. The summed E-state index contributed by atoms with van der Waals surface area (Å²) in [6, 6.07) is 22.6. The van der Waals surface area contributed by atoms with Crippen LogP contribution in [0.15, 0.2) is 66.7 Å². The fourth-order valence-electron chi connectivity index (χ4n) is 4.03. The number of fused-ring (bicyclic) bond motifs is 8. The molecule has 1 radical (unpaired) electrons. The first-order valence-corrected chi connectivity index (χ1v) is 10.4. The number of benzene rings is 1. The number of H-pyrrole nitrogens is 2. The molecule has 0 atom stereocenters. The third-order valence-corrected chi connectivity index (χ3v) is 5.57. The normalized spacial score (nSPS) is 11.9. The maximum Gasteiger partial charge on any atom is 0.118 e. The summed E-state index contributed by atoms with van der Waals surface area (Å²) in [4.78, 5) is 16.5. The summed E-state index contributed by atoms with van der Waals surface area (Å²) < 4.78 is 5.32. The smallest absolute Gasteiger partial charge is 0.118 e. The van der Waals surface area contributed by atoms with Crippen molar-refractivity contribution < 1.29 is 21.5 Å². The number of rotatable bonds is 2. The zero-order chi connectivity index (χ0) is 21.5. The van der Waals surface area contributed by atoms with Crippen LogP contribution in [0.2, 0.25) is 0 Å². The van der Waals surface area contributed by atoms with Crippen molar-refractivity contribution in [2.75, 3.05) is 7.11 Å². The Morgan fingerprint density at radius 1 is 0.606 bits per heavy atom. The van der Waals surface area contributed by atoms with E-state index in [1.54, 1.807) is 7.11 Å². The third kappa shape index (κ3) is 4.26. The number of aromatic amines is 2. The predicted molar refractivity (Wildman–Crippen MR) is 131 cm³/mol. The van der Waals surface area contributed by atoms with Crippen LogP contribution in [0.4, 0.5) is 0 Å². The molecule has 6 heteroatoms. The van der Waals surface area contributed by atoms with Crippen LogP contribution in [0.5, 0.6) is 5.75 Å². The first-order chi connectivity index (χ1) is 15.7. The van der Waals surface area contributed by atoms with Crippen LogP contribution in [-0.4, -0.2) is 27.0 Å². The van der Waals surface area contributed by atoms with Gasteiger partial charge in [-0.25, -0.2) is 9.97 Å². The Balaban J connectivity index is 0.00000228. The molecular weight excluding hydrogens is 455 g/mol. The summed E-state index contributed by atoms with van der Waals surface area (Å²) in [5, 5.41) is 0. The van der Waals surface area contributed by atoms with Gasteiger partial charge in [0.25, 0.3) is 0 Å². The average Bonchev–Trinajstić information content (AvgIpc) is 3.59. The van der Waals surface area contributed by atoms with Crippen molar-refractivity contribution in [1.82, 2.24) is 19.9 Å². The summed E-state index contributed by atoms with van der Waals surface area (Å²) in [6.45, 7) is 0. The van der Waals surface area contributed by atoms with Gasteiger partial charge >= 0.3 is 0 Å². The van der Waals surface area contributed by atoms with Crippen molar-refractivity contribution in [2.24, 2.45) is 0 Å². The van der Waals surface area contributed by atoms with Crippen LogP contribution in [0.3, 0.4) is 0 Å². The van der Waals surface area contributed by atoms with E-state index in [2.05, 4.69) is 52.4 Å². The minimum Gasteiger partial charge on any atom is -0.497 e. The molecule has 6 rings (SSSR count). The van der Waals surface area contributed by atoms with Gasteiger partial charge in [0.2, 0.25) is 0 Å². The molecule has 0 amide bonds. The molecule has 1 aromatic carbocycles. The monoisotopic (exact) mass is 475 g/mol. The second-order valence-corrected chi connectivity index (χ2v) is 7.82. The number of hydrogen-bond acceptors (Lipinski definition) is 3. The molecule has 0 aliphatic carbocycles. The molecule has 2 N–H and O–H groups in total. The first kappa shape index (κ1) is 21.0. The Bertz CT molecular complexity index is 1560. The number of nitrogens with zero attached hydrogens (tertiary/aromatic N) is 2. The maximum atomic E-state index is 5.32. The number of ether oxygens (including phenoxy) is 1. The molecule has 2 aliphatic heterocycles. The van der Waals surface area contributed by atoms with Crippen LogP contribution in [0, 0.1) is 0 Å². The van der Waals surface area contributed by atoms with E-state index in [4.69, 9.17) is 14.7 Å². The van der Waals surface area contributed by atoms with Crippen molar-refractivity contribution in [1.29, 1.82) is 0 Å². The number of aromatic nitrogens is 4. The van der Waals surface area contributed by atoms with Gasteiger partial charge < -0.3 is 14.7 Å². The summed E-state index contributed by atoms with van der Waals surface area (Å²) in [5.74, 6) is 0.835. The minimum atomic E-state index is 0. The summed E-state index contributed by atoms with van der Waals surface area (Å²) >= 11 is 0. The Hall–Kier alpha value is -3.87.